The van der Waals surface area contributed by atoms with E-state index in [0.717, 1.165) is 42.6 Å². The highest BCUT2D eigenvalue weighted by molar-refractivity contribution is 5.64. The Hall–Kier alpha value is -2.52. The SMILES string of the molecule is CCC(CC)(c1ccc(CCC(O)C(C)(C)C)c(C)c1)c1ccc(-c2cncc(C)n2)c(C)c1. The van der Waals surface area contributed by atoms with E-state index in [-0.39, 0.29) is 16.9 Å². The zero-order valence-electron chi connectivity index (χ0n) is 22.4. The number of aliphatic hydroxyl groups excluding tert-OH is 1. The Balaban J connectivity index is 1.94. The van der Waals surface area contributed by atoms with Crippen LogP contribution in [0.2, 0.25) is 0 Å². The Bertz CT molecular complexity index is 1120. The largest absolute Gasteiger partial charge is 0.393 e. The lowest BCUT2D eigenvalue weighted by Crippen LogP contribution is -2.27. The molecule has 0 fully saturated rings. The molecule has 0 spiro atoms. The summed E-state index contributed by atoms with van der Waals surface area (Å²) in [7, 11) is 0. The molecule has 0 aliphatic heterocycles. The van der Waals surface area contributed by atoms with Crippen molar-refractivity contribution in [2.75, 3.05) is 0 Å². The molecule has 0 amide bonds. The molecule has 3 aromatic rings. The normalized spacial score (nSPS) is 13.2. The van der Waals surface area contributed by atoms with Crippen molar-refractivity contribution >= 4 is 0 Å². The number of nitrogens with zero attached hydrogens (tertiary/aromatic N) is 2. The predicted octanol–water partition coefficient (Wildman–Crippen LogP) is 7.51. The second kappa shape index (κ2) is 10.4. The van der Waals surface area contributed by atoms with E-state index in [0.29, 0.717) is 0 Å². The predicted molar refractivity (Wildman–Crippen MR) is 143 cm³/mol. The van der Waals surface area contributed by atoms with Gasteiger partial charge in [-0.1, -0.05) is 71.0 Å². The summed E-state index contributed by atoms with van der Waals surface area (Å²) in [5.41, 5.74) is 9.50. The van der Waals surface area contributed by atoms with Crippen LogP contribution in [0.1, 0.15) is 87.4 Å². The van der Waals surface area contributed by atoms with Gasteiger partial charge in [-0.2, -0.15) is 0 Å². The van der Waals surface area contributed by atoms with Gasteiger partial charge in [0.15, 0.2) is 0 Å². The third-order valence-electron chi connectivity index (χ3n) is 7.60. The fraction of sp³-hybridized carbons (Fsp3) is 0.484. The fourth-order valence-electron chi connectivity index (χ4n) is 5.07. The molecule has 0 radical (unpaired) electrons. The lowest BCUT2D eigenvalue weighted by Gasteiger charge is -2.34. The van der Waals surface area contributed by atoms with Crippen molar-refractivity contribution in [3.05, 3.63) is 82.3 Å². The lowest BCUT2D eigenvalue weighted by molar-refractivity contribution is 0.0560. The molecule has 1 aromatic heterocycles. The molecule has 0 saturated heterocycles. The number of aliphatic hydroxyl groups is 1. The average molecular weight is 459 g/mol. The van der Waals surface area contributed by atoms with Crippen LogP contribution in [-0.2, 0) is 11.8 Å². The Morgan fingerprint density at radius 1 is 0.853 bits per heavy atom. The van der Waals surface area contributed by atoms with E-state index in [9.17, 15) is 5.11 Å². The first kappa shape index (κ1) is 26.1. The van der Waals surface area contributed by atoms with Gasteiger partial charge in [-0.15, -0.1) is 0 Å². The van der Waals surface area contributed by atoms with Crippen molar-refractivity contribution in [1.82, 2.24) is 9.97 Å². The van der Waals surface area contributed by atoms with E-state index < -0.39 is 0 Å². The molecule has 3 nitrogen and oxygen atoms in total. The van der Waals surface area contributed by atoms with Crippen molar-refractivity contribution in [2.24, 2.45) is 5.41 Å². The van der Waals surface area contributed by atoms with Crippen LogP contribution in [0.5, 0.6) is 0 Å². The van der Waals surface area contributed by atoms with E-state index in [2.05, 4.69) is 94.8 Å². The van der Waals surface area contributed by atoms with Crippen molar-refractivity contribution in [2.45, 2.75) is 92.6 Å². The van der Waals surface area contributed by atoms with E-state index in [1.807, 2.05) is 13.1 Å². The maximum atomic E-state index is 10.5. The van der Waals surface area contributed by atoms with Crippen molar-refractivity contribution in [3.8, 4) is 11.3 Å². The lowest BCUT2D eigenvalue weighted by atomic mass is 9.69. The molecule has 2 aromatic carbocycles. The molecule has 3 heteroatoms. The summed E-state index contributed by atoms with van der Waals surface area (Å²) in [6.45, 7) is 17.3. The van der Waals surface area contributed by atoms with Gasteiger partial charge in [0.1, 0.15) is 0 Å². The minimum absolute atomic E-state index is 0.0320. The molecule has 1 N–H and O–H groups in total. The van der Waals surface area contributed by atoms with Crippen LogP contribution in [-0.4, -0.2) is 21.2 Å². The Kier molecular flexibility index (Phi) is 7.98. The summed E-state index contributed by atoms with van der Waals surface area (Å²) in [5.74, 6) is 0. The van der Waals surface area contributed by atoms with Crippen LogP contribution in [0.4, 0.5) is 0 Å². The highest BCUT2D eigenvalue weighted by atomic mass is 16.3. The maximum absolute atomic E-state index is 10.5. The molecule has 0 aliphatic rings. The van der Waals surface area contributed by atoms with Crippen LogP contribution in [0.3, 0.4) is 0 Å². The molecule has 3 rings (SSSR count). The van der Waals surface area contributed by atoms with Crippen LogP contribution in [0.15, 0.2) is 48.8 Å². The molecule has 1 unspecified atom stereocenters. The second-order valence-electron chi connectivity index (χ2n) is 10.9. The van der Waals surface area contributed by atoms with Crippen LogP contribution < -0.4 is 0 Å². The monoisotopic (exact) mass is 458 g/mol. The van der Waals surface area contributed by atoms with E-state index >= 15 is 0 Å². The first-order valence-electron chi connectivity index (χ1n) is 12.7. The summed E-state index contributed by atoms with van der Waals surface area (Å²) in [6.07, 6.45) is 7.11. The highest BCUT2D eigenvalue weighted by Gasteiger charge is 2.31. The number of aromatic nitrogens is 2. The number of hydrogen-bond donors (Lipinski definition) is 1. The van der Waals surface area contributed by atoms with Crippen molar-refractivity contribution < 1.29 is 5.11 Å². The second-order valence-corrected chi connectivity index (χ2v) is 10.9. The minimum Gasteiger partial charge on any atom is -0.393 e. The van der Waals surface area contributed by atoms with Gasteiger partial charge in [0.05, 0.1) is 23.7 Å². The van der Waals surface area contributed by atoms with Crippen LogP contribution >= 0.6 is 0 Å². The average Bonchev–Trinajstić information content (AvgIpc) is 2.79. The first-order chi connectivity index (χ1) is 16.0. The van der Waals surface area contributed by atoms with E-state index in [1.165, 1.54) is 27.8 Å². The minimum atomic E-state index is -0.295. The summed E-state index contributed by atoms with van der Waals surface area (Å²) in [4.78, 5) is 9.01. The Labute approximate surface area is 206 Å². The molecule has 1 heterocycles. The third-order valence-corrected chi connectivity index (χ3v) is 7.60. The van der Waals surface area contributed by atoms with Gasteiger partial charge in [0.25, 0.3) is 0 Å². The van der Waals surface area contributed by atoms with Crippen molar-refractivity contribution in [1.29, 1.82) is 0 Å². The molecule has 1 atom stereocenters. The molecule has 0 saturated carbocycles. The number of benzene rings is 2. The van der Waals surface area contributed by atoms with Gasteiger partial charge in [-0.05, 0) is 79.7 Å². The van der Waals surface area contributed by atoms with Crippen LogP contribution in [0.25, 0.3) is 11.3 Å². The topological polar surface area (TPSA) is 46.0 Å². The van der Waals surface area contributed by atoms with E-state index in [4.69, 9.17) is 0 Å². The number of rotatable bonds is 8. The molecule has 0 aliphatic carbocycles. The fourth-order valence-corrected chi connectivity index (χ4v) is 5.07. The third kappa shape index (κ3) is 5.41. The van der Waals surface area contributed by atoms with Crippen LogP contribution in [0, 0.1) is 26.2 Å². The molecule has 34 heavy (non-hydrogen) atoms. The number of aryl methyl sites for hydroxylation is 4. The van der Waals surface area contributed by atoms with Gasteiger partial charge < -0.3 is 5.11 Å². The Morgan fingerprint density at radius 2 is 1.47 bits per heavy atom. The molecular weight excluding hydrogens is 416 g/mol. The summed E-state index contributed by atoms with van der Waals surface area (Å²) < 4.78 is 0. The Morgan fingerprint density at radius 3 is 2.00 bits per heavy atom. The van der Waals surface area contributed by atoms with Gasteiger partial charge in [-0.25, -0.2) is 4.98 Å². The zero-order chi connectivity index (χ0) is 25.1. The van der Waals surface area contributed by atoms with Gasteiger partial charge in [0, 0.05) is 17.2 Å². The zero-order valence-corrected chi connectivity index (χ0v) is 22.4. The number of hydrogen-bond acceptors (Lipinski definition) is 3. The standard InChI is InChI=1S/C31H42N2O/c1-9-31(10-2,25-13-11-24(21(3)17-25)12-16-29(34)30(6,7)8)26-14-15-27(22(4)18-26)28-20-32-19-23(5)33-28/h11,13-15,17-20,29,34H,9-10,12,16H2,1-8H3. The van der Waals surface area contributed by atoms with Gasteiger partial charge >= 0.3 is 0 Å². The molecule has 0 bridgehead atoms. The quantitative estimate of drug-likeness (QED) is 0.380. The first-order valence-corrected chi connectivity index (χ1v) is 12.7. The summed E-state index contributed by atoms with van der Waals surface area (Å²) in [5, 5.41) is 10.5. The van der Waals surface area contributed by atoms with Gasteiger partial charge in [0.2, 0.25) is 0 Å². The molecule has 182 valence electrons. The smallest absolute Gasteiger partial charge is 0.0891 e. The van der Waals surface area contributed by atoms with Crippen molar-refractivity contribution in [3.63, 3.8) is 0 Å². The maximum Gasteiger partial charge on any atom is 0.0891 e. The summed E-state index contributed by atoms with van der Waals surface area (Å²) >= 11 is 0. The highest BCUT2D eigenvalue weighted by Crippen LogP contribution is 2.41. The van der Waals surface area contributed by atoms with Gasteiger partial charge in [-0.3, -0.25) is 4.98 Å². The molecular formula is C31H42N2O. The summed E-state index contributed by atoms with van der Waals surface area (Å²) in [6, 6.07) is 13.8. The van der Waals surface area contributed by atoms with E-state index in [1.54, 1.807) is 6.20 Å².